The van der Waals surface area contributed by atoms with Crippen molar-refractivity contribution in [2.75, 3.05) is 7.11 Å². The Hall–Kier alpha value is -1.86. The molecular formula is C21H22O. The maximum absolute atomic E-state index is 6.29. The third-order valence-electron chi connectivity index (χ3n) is 5.59. The van der Waals surface area contributed by atoms with Crippen molar-refractivity contribution in [1.82, 2.24) is 0 Å². The first kappa shape index (κ1) is 13.8. The monoisotopic (exact) mass is 290 g/mol. The fourth-order valence-electron chi connectivity index (χ4n) is 4.70. The van der Waals surface area contributed by atoms with Gasteiger partial charge in [0.2, 0.25) is 0 Å². The molecule has 4 rings (SSSR count). The summed E-state index contributed by atoms with van der Waals surface area (Å²) in [6, 6.07) is 21.7. The number of rotatable bonds is 4. The van der Waals surface area contributed by atoms with E-state index in [9.17, 15) is 0 Å². The molecule has 0 spiro atoms. The first-order valence-corrected chi connectivity index (χ1v) is 8.19. The van der Waals surface area contributed by atoms with Gasteiger partial charge in [0.25, 0.3) is 0 Å². The van der Waals surface area contributed by atoms with Crippen LogP contribution in [-0.2, 0) is 4.74 Å². The smallest absolute Gasteiger partial charge is 0.0911 e. The molecule has 2 bridgehead atoms. The van der Waals surface area contributed by atoms with E-state index < -0.39 is 0 Å². The lowest BCUT2D eigenvalue weighted by molar-refractivity contribution is -0.0547. The van der Waals surface area contributed by atoms with Crippen LogP contribution in [0.5, 0.6) is 0 Å². The summed E-state index contributed by atoms with van der Waals surface area (Å²) >= 11 is 0. The molecule has 0 aliphatic heterocycles. The number of methoxy groups -OCH3 is 1. The van der Waals surface area contributed by atoms with Crippen LogP contribution in [0.25, 0.3) is 0 Å². The van der Waals surface area contributed by atoms with Crippen molar-refractivity contribution in [3.63, 3.8) is 0 Å². The number of benzene rings is 2. The fraction of sp³-hybridized carbons (Fsp3) is 0.333. The van der Waals surface area contributed by atoms with Gasteiger partial charge in [-0.05, 0) is 24.0 Å². The largest absolute Gasteiger partial charge is 0.376 e. The van der Waals surface area contributed by atoms with Crippen molar-refractivity contribution in [1.29, 1.82) is 0 Å². The van der Waals surface area contributed by atoms with Gasteiger partial charge in [-0.2, -0.15) is 0 Å². The number of hydrogen-bond donors (Lipinski definition) is 0. The average molecular weight is 290 g/mol. The molecule has 1 nitrogen and oxygen atoms in total. The molecule has 2 aliphatic rings. The van der Waals surface area contributed by atoms with Crippen LogP contribution in [0.1, 0.15) is 29.9 Å². The van der Waals surface area contributed by atoms with E-state index in [1.165, 1.54) is 24.0 Å². The minimum atomic E-state index is -0.122. The molecular weight excluding hydrogens is 268 g/mol. The molecule has 0 radical (unpaired) electrons. The van der Waals surface area contributed by atoms with Gasteiger partial charge < -0.3 is 4.74 Å². The Morgan fingerprint density at radius 3 is 1.64 bits per heavy atom. The van der Waals surface area contributed by atoms with Gasteiger partial charge in [0.1, 0.15) is 0 Å². The van der Waals surface area contributed by atoms with Gasteiger partial charge in [0, 0.05) is 24.9 Å². The van der Waals surface area contributed by atoms with Gasteiger partial charge >= 0.3 is 0 Å². The lowest BCUT2D eigenvalue weighted by Crippen LogP contribution is -2.44. The van der Waals surface area contributed by atoms with Gasteiger partial charge in [-0.3, -0.25) is 0 Å². The van der Waals surface area contributed by atoms with E-state index in [1.54, 1.807) is 0 Å². The van der Waals surface area contributed by atoms with Crippen LogP contribution >= 0.6 is 0 Å². The highest BCUT2D eigenvalue weighted by atomic mass is 16.5. The minimum absolute atomic E-state index is 0.122. The maximum atomic E-state index is 6.29. The van der Waals surface area contributed by atoms with Gasteiger partial charge in [-0.15, -0.1) is 0 Å². The maximum Gasteiger partial charge on any atom is 0.0911 e. The molecule has 22 heavy (non-hydrogen) atoms. The summed E-state index contributed by atoms with van der Waals surface area (Å²) < 4.78 is 6.29. The second-order valence-corrected chi connectivity index (χ2v) is 6.49. The summed E-state index contributed by atoms with van der Waals surface area (Å²) in [5, 5.41) is 0. The summed E-state index contributed by atoms with van der Waals surface area (Å²) in [6.07, 6.45) is 7.25. The molecule has 1 saturated carbocycles. The van der Waals surface area contributed by atoms with Gasteiger partial charge in [0.05, 0.1) is 5.60 Å². The second-order valence-electron chi connectivity index (χ2n) is 6.49. The summed E-state index contributed by atoms with van der Waals surface area (Å²) in [5.74, 6) is 1.33. The van der Waals surface area contributed by atoms with Crippen molar-refractivity contribution in [3.05, 3.63) is 83.9 Å². The zero-order valence-corrected chi connectivity index (χ0v) is 13.0. The molecule has 0 aromatic heterocycles. The highest BCUT2D eigenvalue weighted by Gasteiger charge is 2.57. The van der Waals surface area contributed by atoms with E-state index in [2.05, 4.69) is 72.8 Å². The van der Waals surface area contributed by atoms with E-state index >= 15 is 0 Å². The molecule has 2 aromatic rings. The number of fused-ring (bicyclic) bond motifs is 2. The molecule has 2 aromatic carbocycles. The van der Waals surface area contributed by atoms with E-state index in [0.29, 0.717) is 11.8 Å². The first-order valence-electron chi connectivity index (χ1n) is 8.19. The SMILES string of the molecule is COC1(C(c2ccccc2)c2ccccc2)[C@@H]2C=C[C@H]1CC2. The molecule has 0 N–H and O–H groups in total. The third kappa shape index (κ3) is 1.89. The highest BCUT2D eigenvalue weighted by molar-refractivity contribution is 5.41. The Morgan fingerprint density at radius 2 is 1.27 bits per heavy atom. The normalized spacial score (nSPS) is 29.4. The molecule has 2 aliphatic carbocycles. The van der Waals surface area contributed by atoms with Crippen LogP contribution in [0.15, 0.2) is 72.8 Å². The predicted octanol–water partition coefficient (Wildman–Crippen LogP) is 4.80. The zero-order chi connectivity index (χ0) is 15.0. The van der Waals surface area contributed by atoms with Crippen LogP contribution in [0, 0.1) is 11.8 Å². The zero-order valence-electron chi connectivity index (χ0n) is 13.0. The lowest BCUT2D eigenvalue weighted by Gasteiger charge is -2.41. The van der Waals surface area contributed by atoms with E-state index in [4.69, 9.17) is 4.74 Å². The summed E-state index contributed by atoms with van der Waals surface area (Å²) in [4.78, 5) is 0. The van der Waals surface area contributed by atoms with Crippen LogP contribution in [0.4, 0.5) is 0 Å². The van der Waals surface area contributed by atoms with Crippen LogP contribution in [0.2, 0.25) is 0 Å². The summed E-state index contributed by atoms with van der Waals surface area (Å²) in [5.41, 5.74) is 2.59. The Kier molecular flexibility index (Phi) is 3.38. The van der Waals surface area contributed by atoms with Crippen LogP contribution in [0.3, 0.4) is 0 Å². The topological polar surface area (TPSA) is 9.23 Å². The number of hydrogen-bond acceptors (Lipinski definition) is 1. The predicted molar refractivity (Wildman–Crippen MR) is 89.8 cm³/mol. The molecule has 0 heterocycles. The quantitative estimate of drug-likeness (QED) is 0.735. The Balaban J connectivity index is 1.88. The number of ether oxygens (including phenoxy) is 1. The van der Waals surface area contributed by atoms with Gasteiger partial charge in [0.15, 0.2) is 0 Å². The second kappa shape index (κ2) is 5.40. The molecule has 1 fully saturated rings. The van der Waals surface area contributed by atoms with E-state index in [-0.39, 0.29) is 11.5 Å². The van der Waals surface area contributed by atoms with Crippen molar-refractivity contribution >= 4 is 0 Å². The molecule has 1 unspecified atom stereocenters. The lowest BCUT2D eigenvalue weighted by atomic mass is 9.71. The average Bonchev–Trinajstić information content (AvgIpc) is 3.12. The van der Waals surface area contributed by atoms with Crippen molar-refractivity contribution in [2.45, 2.75) is 24.4 Å². The standard InChI is InChI=1S/C21H22O/c1-22-21(18-12-13-19(21)15-14-18)20(16-8-4-2-5-9-16)17-10-6-3-7-11-17/h2-13,18-20H,14-15H2,1H3/t18-,19+,21?. The Labute approximate surface area is 132 Å². The summed E-state index contributed by atoms with van der Waals surface area (Å²) in [6.45, 7) is 0. The van der Waals surface area contributed by atoms with Crippen molar-refractivity contribution in [2.24, 2.45) is 11.8 Å². The Morgan fingerprint density at radius 1 is 0.818 bits per heavy atom. The molecule has 0 amide bonds. The molecule has 112 valence electrons. The first-order chi connectivity index (χ1) is 10.9. The Bertz CT molecular complexity index is 605. The van der Waals surface area contributed by atoms with Crippen LogP contribution in [-0.4, -0.2) is 12.7 Å². The molecule has 0 saturated heterocycles. The van der Waals surface area contributed by atoms with Crippen molar-refractivity contribution < 1.29 is 4.74 Å². The van der Waals surface area contributed by atoms with Gasteiger partial charge in [-0.1, -0.05) is 72.8 Å². The fourth-order valence-corrected chi connectivity index (χ4v) is 4.70. The van der Waals surface area contributed by atoms with Gasteiger partial charge in [-0.25, -0.2) is 0 Å². The van der Waals surface area contributed by atoms with E-state index in [1.807, 2.05) is 7.11 Å². The third-order valence-corrected chi connectivity index (χ3v) is 5.59. The molecule has 3 atom stereocenters. The minimum Gasteiger partial charge on any atom is -0.376 e. The molecule has 1 heteroatoms. The van der Waals surface area contributed by atoms with E-state index in [0.717, 1.165) is 0 Å². The van der Waals surface area contributed by atoms with Crippen molar-refractivity contribution in [3.8, 4) is 0 Å². The van der Waals surface area contributed by atoms with Crippen LogP contribution < -0.4 is 0 Å². The highest BCUT2D eigenvalue weighted by Crippen LogP contribution is 2.57. The summed E-state index contributed by atoms with van der Waals surface area (Å²) in [7, 11) is 1.90.